The molecule has 0 unspecified atom stereocenters. The van der Waals surface area contributed by atoms with Crippen molar-refractivity contribution in [2.24, 2.45) is 0 Å². The maximum absolute atomic E-state index is 6.56. The molecule has 2 aliphatic rings. The molecule has 10 heteroatoms. The van der Waals surface area contributed by atoms with Crippen LogP contribution in [0, 0.1) is 0 Å². The van der Waals surface area contributed by atoms with E-state index in [0.29, 0.717) is 29.2 Å². The number of anilines is 1. The van der Waals surface area contributed by atoms with Crippen LogP contribution < -0.4 is 5.73 Å². The van der Waals surface area contributed by atoms with E-state index in [-0.39, 0.29) is 23.4 Å². The lowest BCUT2D eigenvalue weighted by molar-refractivity contribution is -0.200. The Morgan fingerprint density at radius 3 is 2.46 bits per heavy atom. The van der Waals surface area contributed by atoms with Gasteiger partial charge in [-0.1, -0.05) is 51.1 Å². The minimum absolute atomic E-state index is 0.0912. The summed E-state index contributed by atoms with van der Waals surface area (Å²) in [6.45, 7) is 15.4. The van der Waals surface area contributed by atoms with Crippen molar-refractivity contribution in [3.63, 3.8) is 0 Å². The molecule has 35 heavy (non-hydrogen) atoms. The molecule has 1 aromatic carbocycles. The number of rotatable bonds is 5. The van der Waals surface area contributed by atoms with Crippen LogP contribution in [0.4, 0.5) is 5.82 Å². The van der Waals surface area contributed by atoms with Crippen molar-refractivity contribution in [2.45, 2.75) is 83.1 Å². The standard InChI is InChI=1S/C25H35N5O4Si/c1-24(2,3)35(6,7)31-13-16-19-20(34-25(4,5)33-19)23(32-16)30-22-17(21(26)27-14-28-22)18(29-30)15-11-9-8-10-12-15/h8-12,14,16,19-20,23H,13H2,1-7H3,(H2,26,27,28)/t16-,19-,20-,23-/m1/s1. The first kappa shape index (κ1) is 24.3. The van der Waals surface area contributed by atoms with Gasteiger partial charge in [-0.15, -0.1) is 0 Å². The summed E-state index contributed by atoms with van der Waals surface area (Å²) in [6, 6.07) is 9.88. The Bertz CT molecular complexity index is 1220. The quantitative estimate of drug-likeness (QED) is 0.513. The van der Waals surface area contributed by atoms with Crippen LogP contribution in [-0.2, 0) is 18.6 Å². The molecular weight excluding hydrogens is 462 g/mol. The molecule has 4 heterocycles. The van der Waals surface area contributed by atoms with Gasteiger partial charge in [-0.3, -0.25) is 0 Å². The predicted molar refractivity (Wildman–Crippen MR) is 136 cm³/mol. The van der Waals surface area contributed by atoms with E-state index in [2.05, 4.69) is 43.8 Å². The average Bonchev–Trinajstić information content (AvgIpc) is 3.41. The van der Waals surface area contributed by atoms with E-state index < -0.39 is 20.3 Å². The molecule has 0 aliphatic carbocycles. The third kappa shape index (κ3) is 4.27. The second kappa shape index (κ2) is 8.34. The van der Waals surface area contributed by atoms with Gasteiger partial charge >= 0.3 is 0 Å². The van der Waals surface area contributed by atoms with Crippen molar-refractivity contribution in [2.75, 3.05) is 12.3 Å². The zero-order valence-corrected chi connectivity index (χ0v) is 22.5. The number of fused-ring (bicyclic) bond motifs is 2. The van der Waals surface area contributed by atoms with Crippen LogP contribution in [0.15, 0.2) is 36.7 Å². The van der Waals surface area contributed by atoms with E-state index in [1.165, 1.54) is 6.33 Å². The fourth-order valence-corrected chi connectivity index (χ4v) is 5.48. The number of nitrogens with two attached hydrogens (primary N) is 1. The third-order valence-electron chi connectivity index (χ3n) is 7.35. The van der Waals surface area contributed by atoms with Gasteiger partial charge in [0, 0.05) is 5.56 Å². The summed E-state index contributed by atoms with van der Waals surface area (Å²) in [5.74, 6) is -0.373. The lowest BCUT2D eigenvalue weighted by Gasteiger charge is -2.37. The van der Waals surface area contributed by atoms with Crippen LogP contribution in [0.5, 0.6) is 0 Å². The van der Waals surface area contributed by atoms with Crippen LogP contribution in [0.25, 0.3) is 22.3 Å². The van der Waals surface area contributed by atoms with Gasteiger partial charge in [-0.05, 0) is 32.0 Å². The predicted octanol–water partition coefficient (Wildman–Crippen LogP) is 4.51. The van der Waals surface area contributed by atoms with Crippen LogP contribution >= 0.6 is 0 Å². The minimum Gasteiger partial charge on any atom is -0.414 e. The highest BCUT2D eigenvalue weighted by Gasteiger charge is 2.57. The lowest BCUT2D eigenvalue weighted by Crippen LogP contribution is -2.44. The number of nitrogens with zero attached hydrogens (tertiary/aromatic N) is 4. The molecule has 188 valence electrons. The first-order valence-corrected chi connectivity index (χ1v) is 15.0. The number of hydrogen-bond donors (Lipinski definition) is 1. The first-order valence-electron chi connectivity index (χ1n) is 12.1. The normalized spacial score (nSPS) is 26.4. The Hall–Kier alpha value is -2.37. The first-order chi connectivity index (χ1) is 16.4. The van der Waals surface area contributed by atoms with Gasteiger partial charge in [0.1, 0.15) is 36.2 Å². The lowest BCUT2D eigenvalue weighted by atomic mass is 10.1. The van der Waals surface area contributed by atoms with Crippen molar-refractivity contribution in [3.8, 4) is 11.3 Å². The van der Waals surface area contributed by atoms with E-state index in [1.807, 2.05) is 44.2 Å². The minimum atomic E-state index is -1.98. The largest absolute Gasteiger partial charge is 0.414 e. The van der Waals surface area contributed by atoms with Crippen LogP contribution in [-0.4, -0.2) is 58.8 Å². The van der Waals surface area contributed by atoms with Gasteiger partial charge in [0.05, 0.1) is 12.0 Å². The number of benzene rings is 1. The smallest absolute Gasteiger partial charge is 0.192 e. The summed E-state index contributed by atoms with van der Waals surface area (Å²) in [5.41, 5.74) is 8.53. The zero-order valence-electron chi connectivity index (χ0n) is 21.5. The molecule has 9 nitrogen and oxygen atoms in total. The van der Waals surface area contributed by atoms with E-state index in [1.54, 1.807) is 4.68 Å². The molecule has 2 fully saturated rings. The van der Waals surface area contributed by atoms with Gasteiger partial charge in [0.2, 0.25) is 0 Å². The summed E-state index contributed by atoms with van der Waals surface area (Å²) in [7, 11) is -1.98. The molecule has 2 saturated heterocycles. The van der Waals surface area contributed by atoms with Crippen molar-refractivity contribution >= 4 is 25.2 Å². The maximum Gasteiger partial charge on any atom is 0.192 e. The molecule has 0 bridgehead atoms. The topological polar surface area (TPSA) is 107 Å². The Kier molecular flexibility index (Phi) is 5.80. The molecule has 0 saturated carbocycles. The molecule has 0 spiro atoms. The average molecular weight is 498 g/mol. The van der Waals surface area contributed by atoms with E-state index in [4.69, 9.17) is 29.5 Å². The maximum atomic E-state index is 6.56. The molecule has 3 aromatic rings. The van der Waals surface area contributed by atoms with Crippen LogP contribution in [0.2, 0.25) is 18.1 Å². The van der Waals surface area contributed by atoms with Crippen LogP contribution in [0.1, 0.15) is 40.8 Å². The van der Waals surface area contributed by atoms with E-state index in [0.717, 1.165) is 5.56 Å². The number of hydrogen-bond acceptors (Lipinski definition) is 8. The molecule has 2 aliphatic heterocycles. The molecule has 4 atom stereocenters. The van der Waals surface area contributed by atoms with Gasteiger partial charge in [-0.2, -0.15) is 5.10 Å². The van der Waals surface area contributed by atoms with Crippen molar-refractivity contribution in [1.82, 2.24) is 19.7 Å². The summed E-state index contributed by atoms with van der Waals surface area (Å²) < 4.78 is 27.5. The molecular formula is C25H35N5O4Si. The fraction of sp³-hybridized carbons (Fsp3) is 0.560. The second-order valence-electron chi connectivity index (χ2n) is 11.3. The summed E-state index contributed by atoms with van der Waals surface area (Å²) >= 11 is 0. The number of aromatic nitrogens is 4. The Morgan fingerprint density at radius 2 is 1.77 bits per heavy atom. The summed E-state index contributed by atoms with van der Waals surface area (Å²) in [5, 5.41) is 5.72. The molecule has 5 rings (SSSR count). The van der Waals surface area contributed by atoms with Crippen molar-refractivity contribution in [1.29, 1.82) is 0 Å². The molecule has 2 N–H and O–H groups in total. The SMILES string of the molecule is CC1(C)O[C@@H]2[C@H](O1)[C@@H](CO[Si](C)(C)C(C)(C)C)O[C@H]2n1nc(-c2ccccc2)c2c(N)ncnc21. The molecule has 0 amide bonds. The highest BCUT2D eigenvalue weighted by Crippen LogP contribution is 2.45. The Balaban J connectivity index is 1.53. The van der Waals surface area contributed by atoms with Crippen molar-refractivity contribution in [3.05, 3.63) is 36.7 Å². The van der Waals surface area contributed by atoms with E-state index in [9.17, 15) is 0 Å². The van der Waals surface area contributed by atoms with Crippen molar-refractivity contribution < 1.29 is 18.6 Å². The Morgan fingerprint density at radius 1 is 1.09 bits per heavy atom. The van der Waals surface area contributed by atoms with E-state index >= 15 is 0 Å². The summed E-state index contributed by atoms with van der Waals surface area (Å²) in [4.78, 5) is 8.75. The van der Waals surface area contributed by atoms with Gasteiger partial charge in [-0.25, -0.2) is 14.6 Å². The number of nitrogen functional groups attached to an aromatic ring is 1. The highest BCUT2D eigenvalue weighted by molar-refractivity contribution is 6.74. The van der Waals surface area contributed by atoms with Gasteiger partial charge < -0.3 is 24.4 Å². The monoisotopic (exact) mass is 497 g/mol. The Labute approximate surface area is 207 Å². The van der Waals surface area contributed by atoms with Gasteiger partial charge in [0.15, 0.2) is 26.0 Å². The number of ether oxygens (including phenoxy) is 3. The molecule has 0 radical (unpaired) electrons. The van der Waals surface area contributed by atoms with Crippen LogP contribution in [0.3, 0.4) is 0 Å². The highest BCUT2D eigenvalue weighted by atomic mass is 28.4. The fourth-order valence-electron chi connectivity index (χ4n) is 4.47. The molecule has 2 aromatic heterocycles. The second-order valence-corrected chi connectivity index (χ2v) is 16.1. The zero-order chi connectivity index (χ0) is 25.2. The third-order valence-corrected chi connectivity index (χ3v) is 11.8. The summed E-state index contributed by atoms with van der Waals surface area (Å²) in [6.07, 6.45) is -0.0757. The van der Waals surface area contributed by atoms with Gasteiger partial charge in [0.25, 0.3) is 0 Å².